The van der Waals surface area contributed by atoms with Gasteiger partial charge in [0.25, 0.3) is 5.56 Å². The molecule has 4 aliphatic heterocycles. The molecule has 1 saturated carbocycles. The van der Waals surface area contributed by atoms with E-state index in [0.717, 1.165) is 16.5 Å². The van der Waals surface area contributed by atoms with E-state index in [0.29, 0.717) is 86.5 Å². The summed E-state index contributed by atoms with van der Waals surface area (Å²) in [6.07, 6.45) is 0.595. The first kappa shape index (κ1) is 43.3. The van der Waals surface area contributed by atoms with E-state index in [1.54, 1.807) is 41.9 Å². The average molecular weight is 923 g/mol. The number of ether oxygens (including phenoxy) is 1. The van der Waals surface area contributed by atoms with Crippen molar-refractivity contribution in [3.63, 3.8) is 0 Å². The Hall–Kier alpha value is -5.56. The van der Waals surface area contributed by atoms with E-state index >= 15 is 8.78 Å². The monoisotopic (exact) mass is 922 g/mol. The number of halogens is 6. The third-order valence-corrected chi connectivity index (χ3v) is 14.4. The number of rotatable bonds is 8. The number of pyridine rings is 1. The van der Waals surface area contributed by atoms with E-state index in [2.05, 4.69) is 31.0 Å². The normalized spacial score (nSPS) is 22.9. The van der Waals surface area contributed by atoms with Gasteiger partial charge in [0.15, 0.2) is 12.4 Å². The molecule has 10 rings (SSSR count). The molecule has 3 atom stereocenters. The minimum absolute atomic E-state index is 0.0572. The van der Waals surface area contributed by atoms with Crippen LogP contribution in [0.5, 0.6) is 5.75 Å². The average Bonchev–Trinajstić information content (AvgIpc) is 4.08. The van der Waals surface area contributed by atoms with E-state index < -0.39 is 48.2 Å². The van der Waals surface area contributed by atoms with Gasteiger partial charge in [-0.2, -0.15) is 23.3 Å². The minimum Gasteiger partial charge on any atom is -0.480 e. The number of likely N-dealkylation sites (tertiary alicyclic amines) is 1. The third-order valence-electron chi connectivity index (χ3n) is 14.1. The summed E-state index contributed by atoms with van der Waals surface area (Å²) in [6.45, 7) is 0.271. The Labute approximate surface area is 374 Å². The van der Waals surface area contributed by atoms with Crippen molar-refractivity contribution in [2.75, 3.05) is 48.3 Å². The Morgan fingerprint density at radius 2 is 1.68 bits per heavy atom. The van der Waals surface area contributed by atoms with Crippen LogP contribution in [0.15, 0.2) is 47.4 Å². The molecule has 20 heteroatoms. The molecule has 0 radical (unpaired) electrons. The van der Waals surface area contributed by atoms with E-state index in [-0.39, 0.29) is 65.2 Å². The topological polar surface area (TPSA) is 152 Å². The van der Waals surface area contributed by atoms with Crippen molar-refractivity contribution in [3.8, 4) is 5.75 Å². The summed E-state index contributed by atoms with van der Waals surface area (Å²) >= 11 is 6.58. The van der Waals surface area contributed by atoms with E-state index in [9.17, 15) is 27.6 Å². The Bertz CT molecular complexity index is 2760. The van der Waals surface area contributed by atoms with Gasteiger partial charge in [-0.3, -0.25) is 29.3 Å². The lowest BCUT2D eigenvalue weighted by atomic mass is 9.84. The highest BCUT2D eigenvalue weighted by Gasteiger charge is 2.52. The Morgan fingerprint density at radius 3 is 2.38 bits per heavy atom. The highest BCUT2D eigenvalue weighted by Crippen LogP contribution is 2.46. The van der Waals surface area contributed by atoms with Gasteiger partial charge in [-0.05, 0) is 106 Å². The number of nitrogens with one attached hydrogen (secondary N) is 3. The highest BCUT2D eigenvalue weighted by atomic mass is 35.5. The molecule has 344 valence electrons. The van der Waals surface area contributed by atoms with Crippen LogP contribution < -0.4 is 31.1 Å². The molecule has 14 nitrogen and oxygen atoms in total. The minimum atomic E-state index is -4.43. The van der Waals surface area contributed by atoms with Crippen LogP contribution in [-0.2, 0) is 23.7 Å². The number of alkyl halides is 5. The molecule has 5 aromatic rings. The number of hydrogen-bond donors (Lipinski definition) is 3. The van der Waals surface area contributed by atoms with Gasteiger partial charge in [-0.25, -0.2) is 13.8 Å². The number of carbonyl (C=O) groups is 2. The first-order valence-corrected chi connectivity index (χ1v) is 22.5. The molecule has 3 aromatic heterocycles. The molecule has 3 saturated heterocycles. The molecule has 1 aliphatic carbocycles. The maximum atomic E-state index is 15.2. The number of hydrogen-bond acceptors (Lipinski definition) is 11. The number of carbonyl (C=O) groups excluding carboxylic acids is 2. The number of benzene rings is 2. The molecular formula is C45H48ClF5N10O4. The van der Waals surface area contributed by atoms with Crippen molar-refractivity contribution in [3.05, 3.63) is 69.2 Å². The molecule has 3 N–H and O–H groups in total. The number of imide groups is 1. The van der Waals surface area contributed by atoms with Crippen molar-refractivity contribution in [1.29, 1.82) is 0 Å². The number of anilines is 4. The maximum Gasteiger partial charge on any atom is 0.404 e. The second kappa shape index (κ2) is 16.4. The summed E-state index contributed by atoms with van der Waals surface area (Å²) in [4.78, 5) is 50.2. The van der Waals surface area contributed by atoms with Gasteiger partial charge in [-0.15, -0.1) is 0 Å². The van der Waals surface area contributed by atoms with E-state index in [1.165, 1.54) is 10.8 Å². The SMILES string of the molecule is Cn1nc(C2CCC(=O)NC2=O)c2ccc(C3CCN([C@H](C4CCN(c5ncc(Cl)c(Nc6ccc7c(c6)c6c(c(=O)n7C)OCC(F)(F)[C@H](C7CC7)N6)n5)CC4)C(F)(F)F)CC3)cc21. The Morgan fingerprint density at radius 1 is 0.923 bits per heavy atom. The second-order valence-corrected chi connectivity index (χ2v) is 18.6. The van der Waals surface area contributed by atoms with Crippen LogP contribution in [0, 0.1) is 11.8 Å². The van der Waals surface area contributed by atoms with Gasteiger partial charge in [0.1, 0.15) is 11.1 Å². The number of nitrogens with zero attached hydrogens (tertiary/aromatic N) is 7. The molecule has 5 aliphatic rings. The van der Waals surface area contributed by atoms with Crippen LogP contribution in [0.3, 0.4) is 0 Å². The van der Waals surface area contributed by atoms with Crippen LogP contribution in [0.2, 0.25) is 5.02 Å². The first-order valence-electron chi connectivity index (χ1n) is 22.1. The maximum absolute atomic E-state index is 15.2. The zero-order chi connectivity index (χ0) is 45.5. The summed E-state index contributed by atoms with van der Waals surface area (Å²) < 4.78 is 83.9. The van der Waals surface area contributed by atoms with Crippen molar-refractivity contribution >= 4 is 68.4 Å². The summed E-state index contributed by atoms with van der Waals surface area (Å²) in [5, 5.41) is 14.7. The first-order chi connectivity index (χ1) is 31.0. The van der Waals surface area contributed by atoms with Gasteiger partial charge in [-0.1, -0.05) is 23.7 Å². The number of piperidine rings is 3. The third kappa shape index (κ3) is 8.12. The molecule has 0 bridgehead atoms. The number of aryl methyl sites for hydroxylation is 2. The van der Waals surface area contributed by atoms with Crippen molar-refractivity contribution in [2.45, 2.75) is 87.4 Å². The largest absolute Gasteiger partial charge is 0.480 e. The molecule has 2 amide bonds. The fraction of sp³-hybridized carbons (Fsp3) is 0.511. The van der Waals surface area contributed by atoms with Gasteiger partial charge in [0, 0.05) is 50.1 Å². The van der Waals surface area contributed by atoms with Crippen LogP contribution in [0.1, 0.15) is 74.5 Å². The van der Waals surface area contributed by atoms with Gasteiger partial charge in [0.2, 0.25) is 23.5 Å². The zero-order valence-corrected chi connectivity index (χ0v) is 36.5. The van der Waals surface area contributed by atoms with Crippen molar-refractivity contribution < 1.29 is 36.3 Å². The van der Waals surface area contributed by atoms with Crippen LogP contribution in [0.4, 0.5) is 45.1 Å². The fourth-order valence-electron chi connectivity index (χ4n) is 10.5. The molecular weight excluding hydrogens is 875 g/mol. The highest BCUT2D eigenvalue weighted by molar-refractivity contribution is 6.33. The molecule has 65 heavy (non-hydrogen) atoms. The predicted molar refractivity (Wildman–Crippen MR) is 234 cm³/mol. The quantitative estimate of drug-likeness (QED) is 0.106. The Kier molecular flexibility index (Phi) is 10.9. The predicted octanol–water partition coefficient (Wildman–Crippen LogP) is 7.38. The fourth-order valence-corrected chi connectivity index (χ4v) is 10.6. The van der Waals surface area contributed by atoms with Crippen molar-refractivity contribution in [1.82, 2.24) is 34.5 Å². The summed E-state index contributed by atoms with van der Waals surface area (Å²) in [6, 6.07) is 8.27. The lowest BCUT2D eigenvalue weighted by Gasteiger charge is -2.44. The van der Waals surface area contributed by atoms with Gasteiger partial charge < -0.3 is 24.8 Å². The summed E-state index contributed by atoms with van der Waals surface area (Å²) in [5.74, 6) is -4.81. The number of amides is 2. The summed E-state index contributed by atoms with van der Waals surface area (Å²) in [5.41, 5.74) is 3.13. The molecule has 2 aromatic carbocycles. The lowest BCUT2D eigenvalue weighted by Crippen LogP contribution is -2.55. The molecule has 7 heterocycles. The zero-order valence-electron chi connectivity index (χ0n) is 35.7. The number of fused-ring (bicyclic) bond motifs is 4. The smallest absolute Gasteiger partial charge is 0.404 e. The molecule has 0 spiro atoms. The van der Waals surface area contributed by atoms with Crippen LogP contribution in [0.25, 0.3) is 21.8 Å². The van der Waals surface area contributed by atoms with E-state index in [1.807, 2.05) is 23.1 Å². The lowest BCUT2D eigenvalue weighted by molar-refractivity contribution is -0.202. The van der Waals surface area contributed by atoms with Gasteiger partial charge >= 0.3 is 12.1 Å². The molecule has 1 unspecified atom stereocenters. The van der Waals surface area contributed by atoms with E-state index in [4.69, 9.17) is 16.3 Å². The summed E-state index contributed by atoms with van der Waals surface area (Å²) in [7, 11) is 3.35. The number of aromatic nitrogens is 5. The van der Waals surface area contributed by atoms with Crippen molar-refractivity contribution in [2.24, 2.45) is 25.9 Å². The van der Waals surface area contributed by atoms with Crippen LogP contribution >= 0.6 is 11.6 Å². The molecule has 4 fully saturated rings. The van der Waals surface area contributed by atoms with Crippen LogP contribution in [-0.4, -0.2) is 98.0 Å². The van der Waals surface area contributed by atoms with Gasteiger partial charge in [0.05, 0.1) is 40.6 Å². The Balaban J connectivity index is 0.808. The second-order valence-electron chi connectivity index (χ2n) is 18.2. The standard InChI is InChI=1S/C45H48ClF5N10O4/c1-58-32-9-6-27(20-30(32)36-37(42(58)64)65-22-44(47,48)38(55-36)24-3-4-24)53-40-31(46)21-52-43(56-40)61-17-13-25(14-18-61)39(45(49,50)51)60-15-11-23(12-16-60)26-5-7-28-33(19-26)59(2)57-35(28)29-8-10-34(62)54-41(29)63/h5-7,9,19-21,23-25,29,38-39,55H,3-4,8,10-18,22H2,1-2H3,(H,52,53,56)(H,54,62,63)/t29?,38-,39+/m0/s1.